The number of carbonyl (C=O) groups is 1. The van der Waals surface area contributed by atoms with E-state index >= 15 is 0 Å². The molecule has 0 bridgehead atoms. The number of alkyl halides is 1. The molecule has 1 atom stereocenters. The molecule has 0 heterocycles. The van der Waals surface area contributed by atoms with Crippen molar-refractivity contribution in [3.8, 4) is 5.75 Å². The highest BCUT2D eigenvalue weighted by molar-refractivity contribution is 9.10. The van der Waals surface area contributed by atoms with Crippen LogP contribution in [0, 0.1) is 0 Å². The normalized spacial score (nSPS) is 11.7. The van der Waals surface area contributed by atoms with Crippen molar-refractivity contribution in [3.63, 3.8) is 0 Å². The minimum atomic E-state index is -0.378. The minimum absolute atomic E-state index is 0.00216. The Morgan fingerprint density at radius 2 is 1.33 bits per heavy atom. The zero-order chi connectivity index (χ0) is 18.9. The Bertz CT molecular complexity index is 833. The fraction of sp³-hybridized carbons (Fsp3) is 0.174. The lowest BCUT2D eigenvalue weighted by Crippen LogP contribution is -2.20. The average Bonchev–Trinajstić information content (AvgIpc) is 2.73. The molecule has 3 aromatic carbocycles. The quantitative estimate of drug-likeness (QED) is 0.339. The lowest BCUT2D eigenvalue weighted by molar-refractivity contribution is 0.0873. The SMILES string of the molecule is O=C(c1ccc(OCc2ccccc2)cc1)C(Br)COCc1ccccc1. The molecule has 0 saturated carbocycles. The van der Waals surface area contributed by atoms with Gasteiger partial charge in [0.15, 0.2) is 5.78 Å². The second-order valence-corrected chi connectivity index (χ2v) is 7.24. The summed E-state index contributed by atoms with van der Waals surface area (Å²) in [5, 5.41) is 0. The summed E-state index contributed by atoms with van der Waals surface area (Å²) in [5.41, 5.74) is 2.82. The molecule has 0 saturated heterocycles. The van der Waals surface area contributed by atoms with E-state index in [1.54, 1.807) is 12.1 Å². The maximum absolute atomic E-state index is 12.5. The van der Waals surface area contributed by atoms with Gasteiger partial charge in [-0.2, -0.15) is 0 Å². The molecule has 3 nitrogen and oxygen atoms in total. The summed E-state index contributed by atoms with van der Waals surface area (Å²) in [7, 11) is 0. The molecule has 0 aliphatic carbocycles. The fourth-order valence-electron chi connectivity index (χ4n) is 2.57. The minimum Gasteiger partial charge on any atom is -0.489 e. The van der Waals surface area contributed by atoms with Gasteiger partial charge >= 0.3 is 0 Å². The van der Waals surface area contributed by atoms with E-state index < -0.39 is 0 Å². The monoisotopic (exact) mass is 424 g/mol. The van der Waals surface area contributed by atoms with E-state index in [0.29, 0.717) is 25.4 Å². The number of Topliss-reactive ketones (excluding diaryl/α,β-unsaturated/α-hetero) is 1. The Morgan fingerprint density at radius 3 is 1.93 bits per heavy atom. The topological polar surface area (TPSA) is 35.5 Å². The molecule has 27 heavy (non-hydrogen) atoms. The standard InChI is InChI=1S/C23H21BrO3/c24-22(17-26-15-18-7-3-1-4-8-18)23(25)20-11-13-21(14-12-20)27-16-19-9-5-2-6-10-19/h1-14,22H,15-17H2. The van der Waals surface area contributed by atoms with E-state index in [4.69, 9.17) is 9.47 Å². The van der Waals surface area contributed by atoms with Gasteiger partial charge in [-0.3, -0.25) is 4.79 Å². The van der Waals surface area contributed by atoms with Crippen molar-refractivity contribution >= 4 is 21.7 Å². The first-order chi connectivity index (χ1) is 13.2. The largest absolute Gasteiger partial charge is 0.489 e. The maximum atomic E-state index is 12.5. The molecule has 1 unspecified atom stereocenters. The first-order valence-corrected chi connectivity index (χ1v) is 9.70. The van der Waals surface area contributed by atoms with E-state index in [0.717, 1.165) is 16.9 Å². The number of hydrogen-bond acceptors (Lipinski definition) is 3. The predicted molar refractivity (Wildman–Crippen MR) is 110 cm³/mol. The predicted octanol–water partition coefficient (Wildman–Crippen LogP) is 5.43. The highest BCUT2D eigenvalue weighted by Gasteiger charge is 2.17. The van der Waals surface area contributed by atoms with Crippen LogP contribution in [0.15, 0.2) is 84.9 Å². The number of ketones is 1. The summed E-state index contributed by atoms with van der Waals surface area (Å²) < 4.78 is 11.4. The molecule has 0 aliphatic rings. The van der Waals surface area contributed by atoms with Gasteiger partial charge in [0.05, 0.1) is 13.2 Å². The summed E-state index contributed by atoms with van der Waals surface area (Å²) >= 11 is 3.43. The molecule has 0 aromatic heterocycles. The Balaban J connectivity index is 1.47. The van der Waals surface area contributed by atoms with Crippen LogP contribution in [0.1, 0.15) is 21.5 Å². The van der Waals surface area contributed by atoms with Crippen molar-refractivity contribution in [2.45, 2.75) is 18.0 Å². The summed E-state index contributed by atoms with van der Waals surface area (Å²) in [6.07, 6.45) is 0. The molecule has 0 aliphatic heterocycles. The average molecular weight is 425 g/mol. The molecule has 138 valence electrons. The number of hydrogen-bond donors (Lipinski definition) is 0. The Morgan fingerprint density at radius 1 is 0.778 bits per heavy atom. The Hall–Kier alpha value is -2.43. The third kappa shape index (κ3) is 6.05. The van der Waals surface area contributed by atoms with E-state index in [2.05, 4.69) is 15.9 Å². The summed E-state index contributed by atoms with van der Waals surface area (Å²) in [5.74, 6) is 0.736. The molecular formula is C23H21BrO3. The molecule has 0 radical (unpaired) electrons. The molecular weight excluding hydrogens is 404 g/mol. The lowest BCUT2D eigenvalue weighted by Gasteiger charge is -2.11. The van der Waals surface area contributed by atoms with Gasteiger partial charge in [0.1, 0.15) is 17.2 Å². The Labute approximate surface area is 168 Å². The van der Waals surface area contributed by atoms with Crippen molar-refractivity contribution in [1.82, 2.24) is 0 Å². The summed E-state index contributed by atoms with van der Waals surface area (Å²) in [6.45, 7) is 1.31. The van der Waals surface area contributed by atoms with Crippen molar-refractivity contribution in [3.05, 3.63) is 102 Å². The zero-order valence-electron chi connectivity index (χ0n) is 14.9. The number of benzene rings is 3. The molecule has 0 N–H and O–H groups in total. The number of ether oxygens (including phenoxy) is 2. The van der Waals surface area contributed by atoms with Gasteiger partial charge in [0.2, 0.25) is 0 Å². The van der Waals surface area contributed by atoms with Crippen LogP contribution in [0.4, 0.5) is 0 Å². The van der Waals surface area contributed by atoms with E-state index in [1.807, 2.05) is 72.8 Å². The first kappa shape index (κ1) is 19.3. The van der Waals surface area contributed by atoms with Crippen LogP contribution in [0.3, 0.4) is 0 Å². The smallest absolute Gasteiger partial charge is 0.178 e. The second kappa shape index (κ2) is 10.0. The van der Waals surface area contributed by atoms with Gasteiger partial charge in [-0.05, 0) is 35.4 Å². The highest BCUT2D eigenvalue weighted by Crippen LogP contribution is 2.17. The van der Waals surface area contributed by atoms with Crippen LogP contribution >= 0.6 is 15.9 Å². The van der Waals surface area contributed by atoms with E-state index in [-0.39, 0.29) is 10.6 Å². The summed E-state index contributed by atoms with van der Waals surface area (Å²) in [4.78, 5) is 12.1. The van der Waals surface area contributed by atoms with Crippen LogP contribution in [0.2, 0.25) is 0 Å². The maximum Gasteiger partial charge on any atom is 0.178 e. The molecule has 0 fully saturated rings. The van der Waals surface area contributed by atoms with Gasteiger partial charge in [0.25, 0.3) is 0 Å². The number of halogens is 1. The van der Waals surface area contributed by atoms with Crippen molar-refractivity contribution in [2.75, 3.05) is 6.61 Å². The number of carbonyl (C=O) groups excluding carboxylic acids is 1. The van der Waals surface area contributed by atoms with Crippen LogP contribution in [-0.2, 0) is 18.0 Å². The highest BCUT2D eigenvalue weighted by atomic mass is 79.9. The molecule has 4 heteroatoms. The fourth-order valence-corrected chi connectivity index (χ4v) is 3.02. The van der Waals surface area contributed by atoms with Gasteiger partial charge in [-0.1, -0.05) is 76.6 Å². The Kier molecular flexibility index (Phi) is 7.19. The van der Waals surface area contributed by atoms with Crippen molar-refractivity contribution in [1.29, 1.82) is 0 Å². The first-order valence-electron chi connectivity index (χ1n) is 8.79. The van der Waals surface area contributed by atoms with Gasteiger partial charge in [-0.25, -0.2) is 0 Å². The molecule has 0 amide bonds. The second-order valence-electron chi connectivity index (χ2n) is 6.13. The van der Waals surface area contributed by atoms with Crippen LogP contribution in [-0.4, -0.2) is 17.2 Å². The van der Waals surface area contributed by atoms with Crippen LogP contribution in [0.25, 0.3) is 0 Å². The van der Waals surface area contributed by atoms with Gasteiger partial charge in [0, 0.05) is 5.56 Å². The third-order valence-electron chi connectivity index (χ3n) is 4.05. The van der Waals surface area contributed by atoms with E-state index in [9.17, 15) is 4.79 Å². The molecule has 3 rings (SSSR count). The van der Waals surface area contributed by atoms with Gasteiger partial charge in [-0.15, -0.1) is 0 Å². The zero-order valence-corrected chi connectivity index (χ0v) is 16.5. The van der Waals surface area contributed by atoms with Crippen molar-refractivity contribution < 1.29 is 14.3 Å². The van der Waals surface area contributed by atoms with Crippen LogP contribution in [0.5, 0.6) is 5.75 Å². The van der Waals surface area contributed by atoms with Crippen LogP contribution < -0.4 is 4.74 Å². The summed E-state index contributed by atoms with van der Waals surface area (Å²) in [6, 6.07) is 27.1. The van der Waals surface area contributed by atoms with Crippen molar-refractivity contribution in [2.24, 2.45) is 0 Å². The van der Waals surface area contributed by atoms with Gasteiger partial charge < -0.3 is 9.47 Å². The number of rotatable bonds is 9. The molecule has 3 aromatic rings. The molecule has 0 spiro atoms. The third-order valence-corrected chi connectivity index (χ3v) is 4.73. The lowest BCUT2D eigenvalue weighted by atomic mass is 10.1. The van der Waals surface area contributed by atoms with E-state index in [1.165, 1.54) is 0 Å².